The lowest BCUT2D eigenvalue weighted by molar-refractivity contribution is -0.137. The van der Waals surface area contributed by atoms with Gasteiger partial charge in [0.1, 0.15) is 11.5 Å². The summed E-state index contributed by atoms with van der Waals surface area (Å²) in [6, 6.07) is 6.02. The van der Waals surface area contributed by atoms with Crippen molar-refractivity contribution in [3.05, 3.63) is 71.2 Å². The maximum atomic E-state index is 14.3. The van der Waals surface area contributed by atoms with Gasteiger partial charge < -0.3 is 5.32 Å². The molecule has 0 saturated heterocycles. The van der Waals surface area contributed by atoms with E-state index in [-0.39, 0.29) is 28.7 Å². The number of halogens is 4. The van der Waals surface area contributed by atoms with Crippen molar-refractivity contribution in [3.63, 3.8) is 0 Å². The molecule has 0 aliphatic rings. The summed E-state index contributed by atoms with van der Waals surface area (Å²) in [6.45, 7) is 5.22. The van der Waals surface area contributed by atoms with Gasteiger partial charge in [0.15, 0.2) is 11.6 Å². The van der Waals surface area contributed by atoms with Crippen molar-refractivity contribution >= 4 is 11.6 Å². The van der Waals surface area contributed by atoms with Crippen LogP contribution in [-0.2, 0) is 6.18 Å². The van der Waals surface area contributed by atoms with Crippen LogP contribution in [0.5, 0.6) is 0 Å². The number of carbonyl (C=O) groups excluding carboxylic acids is 1. The standard InChI is InChI=1S/C21H18F4N8O/c1-11(2)19-15(10-27-33(19)18-7-4-13(9-26-18)21(23,24)25)20(34)28-14-5-6-16(22)17(8-14)32-12(3)29-30-31-32/h4-11H,1-3H3,(H,28,34). The van der Waals surface area contributed by atoms with Crippen molar-refractivity contribution in [2.45, 2.75) is 32.9 Å². The first-order valence-electron chi connectivity index (χ1n) is 10.0. The van der Waals surface area contributed by atoms with Crippen LogP contribution < -0.4 is 5.32 Å². The Hall–Kier alpha value is -4.16. The number of amides is 1. The fraction of sp³-hybridized carbons (Fsp3) is 0.238. The van der Waals surface area contributed by atoms with Gasteiger partial charge in [0.2, 0.25) is 0 Å². The summed E-state index contributed by atoms with van der Waals surface area (Å²) in [6.07, 6.45) is -2.50. The lowest BCUT2D eigenvalue weighted by atomic mass is 10.1. The van der Waals surface area contributed by atoms with Gasteiger partial charge in [-0.15, -0.1) is 5.10 Å². The van der Waals surface area contributed by atoms with E-state index >= 15 is 0 Å². The van der Waals surface area contributed by atoms with Crippen molar-refractivity contribution in [3.8, 4) is 11.5 Å². The molecule has 0 spiro atoms. The van der Waals surface area contributed by atoms with Gasteiger partial charge >= 0.3 is 6.18 Å². The van der Waals surface area contributed by atoms with Crippen molar-refractivity contribution < 1.29 is 22.4 Å². The van der Waals surface area contributed by atoms with Gasteiger partial charge in [-0.25, -0.2) is 14.1 Å². The molecule has 176 valence electrons. The van der Waals surface area contributed by atoms with Crippen LogP contribution in [0.15, 0.2) is 42.7 Å². The third kappa shape index (κ3) is 4.36. The van der Waals surface area contributed by atoms with Gasteiger partial charge in [-0.3, -0.25) is 4.79 Å². The molecule has 0 saturated carbocycles. The summed E-state index contributed by atoms with van der Waals surface area (Å²) in [5.41, 5.74) is 0.0856. The molecule has 0 radical (unpaired) electrons. The van der Waals surface area contributed by atoms with Gasteiger partial charge in [0, 0.05) is 11.9 Å². The monoisotopic (exact) mass is 474 g/mol. The average Bonchev–Trinajstić information content (AvgIpc) is 3.41. The van der Waals surface area contributed by atoms with Crippen LogP contribution in [-0.4, -0.2) is 40.9 Å². The van der Waals surface area contributed by atoms with E-state index in [2.05, 4.69) is 30.9 Å². The molecule has 34 heavy (non-hydrogen) atoms. The highest BCUT2D eigenvalue weighted by molar-refractivity contribution is 6.05. The predicted molar refractivity (Wildman–Crippen MR) is 112 cm³/mol. The van der Waals surface area contributed by atoms with Crippen molar-refractivity contribution in [2.75, 3.05) is 5.32 Å². The van der Waals surface area contributed by atoms with E-state index in [1.807, 2.05) is 13.8 Å². The Labute approximate surface area is 190 Å². The van der Waals surface area contributed by atoms with E-state index < -0.39 is 23.5 Å². The highest BCUT2D eigenvalue weighted by Crippen LogP contribution is 2.30. The minimum atomic E-state index is -4.52. The summed E-state index contributed by atoms with van der Waals surface area (Å²) in [5.74, 6) is -0.853. The lowest BCUT2D eigenvalue weighted by Crippen LogP contribution is -2.16. The number of nitrogens with one attached hydrogen (secondary N) is 1. The van der Waals surface area contributed by atoms with Crippen LogP contribution in [0.4, 0.5) is 23.2 Å². The number of tetrazole rings is 1. The minimum Gasteiger partial charge on any atom is -0.322 e. The normalized spacial score (nSPS) is 11.8. The molecule has 1 N–H and O–H groups in total. The average molecular weight is 474 g/mol. The number of rotatable bonds is 5. The Kier molecular flexibility index (Phi) is 5.85. The maximum Gasteiger partial charge on any atom is 0.417 e. The molecular weight excluding hydrogens is 456 g/mol. The molecule has 1 aromatic carbocycles. The molecule has 4 rings (SSSR count). The number of pyridine rings is 1. The zero-order valence-corrected chi connectivity index (χ0v) is 18.2. The van der Waals surface area contributed by atoms with Crippen LogP contribution in [0, 0.1) is 12.7 Å². The number of anilines is 1. The minimum absolute atomic E-state index is 0.0500. The Morgan fingerprint density at radius 3 is 2.44 bits per heavy atom. The van der Waals surface area contributed by atoms with E-state index in [4.69, 9.17) is 0 Å². The van der Waals surface area contributed by atoms with E-state index in [0.717, 1.165) is 6.07 Å². The Balaban J connectivity index is 1.65. The fourth-order valence-corrected chi connectivity index (χ4v) is 3.36. The molecule has 3 heterocycles. The molecule has 0 unspecified atom stereocenters. The summed E-state index contributed by atoms with van der Waals surface area (Å²) < 4.78 is 55.4. The number of hydrogen-bond donors (Lipinski definition) is 1. The molecule has 0 atom stereocenters. The SMILES string of the molecule is Cc1nnnn1-c1cc(NC(=O)c2cnn(-c3ccc(C(F)(F)F)cn3)c2C(C)C)ccc1F. The van der Waals surface area contributed by atoms with Crippen LogP contribution in [0.2, 0.25) is 0 Å². The third-order valence-corrected chi connectivity index (χ3v) is 4.95. The van der Waals surface area contributed by atoms with Crippen molar-refractivity contribution in [1.82, 2.24) is 35.0 Å². The quantitative estimate of drug-likeness (QED) is 0.437. The van der Waals surface area contributed by atoms with Gasteiger partial charge in [0.25, 0.3) is 5.91 Å². The number of hydrogen-bond acceptors (Lipinski definition) is 6. The molecule has 0 aliphatic carbocycles. The van der Waals surface area contributed by atoms with Gasteiger partial charge in [-0.05, 0) is 53.6 Å². The molecule has 9 nitrogen and oxygen atoms in total. The first kappa shape index (κ1) is 23.0. The fourth-order valence-electron chi connectivity index (χ4n) is 3.36. The van der Waals surface area contributed by atoms with Crippen LogP contribution in [0.3, 0.4) is 0 Å². The summed E-state index contributed by atoms with van der Waals surface area (Å²) in [5, 5.41) is 17.8. The summed E-state index contributed by atoms with van der Waals surface area (Å²) >= 11 is 0. The molecule has 3 aromatic heterocycles. The Bertz CT molecular complexity index is 1340. The highest BCUT2D eigenvalue weighted by atomic mass is 19.4. The highest BCUT2D eigenvalue weighted by Gasteiger charge is 2.31. The molecular formula is C21H18F4N8O. The third-order valence-electron chi connectivity index (χ3n) is 4.95. The number of carbonyl (C=O) groups is 1. The van der Waals surface area contributed by atoms with Crippen molar-refractivity contribution in [2.24, 2.45) is 0 Å². The van der Waals surface area contributed by atoms with Gasteiger partial charge in [0.05, 0.1) is 23.0 Å². The number of aromatic nitrogens is 7. The molecule has 4 aromatic rings. The zero-order chi connectivity index (χ0) is 24.6. The van der Waals surface area contributed by atoms with Gasteiger partial charge in [-0.2, -0.15) is 23.0 Å². The number of benzene rings is 1. The Morgan fingerprint density at radius 1 is 1.09 bits per heavy atom. The molecule has 0 fully saturated rings. The summed E-state index contributed by atoms with van der Waals surface area (Å²) in [4.78, 5) is 16.9. The zero-order valence-electron chi connectivity index (χ0n) is 18.2. The number of aryl methyl sites for hydroxylation is 1. The van der Waals surface area contributed by atoms with Crippen LogP contribution in [0.1, 0.15) is 47.2 Å². The van der Waals surface area contributed by atoms with Crippen molar-refractivity contribution in [1.29, 1.82) is 0 Å². The van der Waals surface area contributed by atoms with E-state index in [1.165, 1.54) is 39.8 Å². The smallest absolute Gasteiger partial charge is 0.322 e. The largest absolute Gasteiger partial charge is 0.417 e. The second-order valence-electron chi connectivity index (χ2n) is 7.67. The maximum absolute atomic E-state index is 14.3. The van der Waals surface area contributed by atoms with Crippen LogP contribution in [0.25, 0.3) is 11.5 Å². The second kappa shape index (κ2) is 8.65. The van der Waals surface area contributed by atoms with Gasteiger partial charge in [-0.1, -0.05) is 13.8 Å². The lowest BCUT2D eigenvalue weighted by Gasteiger charge is -2.13. The molecule has 0 aliphatic heterocycles. The number of alkyl halides is 3. The molecule has 1 amide bonds. The van der Waals surface area contributed by atoms with Crippen LogP contribution >= 0.6 is 0 Å². The molecule has 13 heteroatoms. The predicted octanol–water partition coefficient (Wildman–Crippen LogP) is 4.09. The first-order valence-corrected chi connectivity index (χ1v) is 10.0. The second-order valence-corrected chi connectivity index (χ2v) is 7.67. The number of nitrogens with zero attached hydrogens (tertiary/aromatic N) is 7. The topological polar surface area (TPSA) is 103 Å². The Morgan fingerprint density at radius 2 is 1.85 bits per heavy atom. The van der Waals surface area contributed by atoms with E-state index in [1.54, 1.807) is 6.92 Å². The van der Waals surface area contributed by atoms with E-state index in [0.29, 0.717) is 17.7 Å². The summed E-state index contributed by atoms with van der Waals surface area (Å²) in [7, 11) is 0. The van der Waals surface area contributed by atoms with E-state index in [9.17, 15) is 22.4 Å². The first-order chi connectivity index (χ1) is 16.1. The molecule has 0 bridgehead atoms.